The third-order valence-electron chi connectivity index (χ3n) is 7.84. The summed E-state index contributed by atoms with van der Waals surface area (Å²) in [5.41, 5.74) is 9.70. The molecule has 1 saturated carbocycles. The summed E-state index contributed by atoms with van der Waals surface area (Å²) in [6, 6.07) is 31.1. The van der Waals surface area contributed by atoms with E-state index < -0.39 is 0 Å². The Morgan fingerprint density at radius 2 is 1.38 bits per heavy atom. The van der Waals surface area contributed by atoms with E-state index in [9.17, 15) is 0 Å². The minimum atomic E-state index is 0.173. The van der Waals surface area contributed by atoms with Crippen molar-refractivity contribution >= 4 is 33.4 Å². The molecule has 1 heterocycles. The van der Waals surface area contributed by atoms with E-state index >= 15 is 0 Å². The minimum Gasteiger partial charge on any atom is -0.309 e. The summed E-state index contributed by atoms with van der Waals surface area (Å²) >= 11 is 6.48. The van der Waals surface area contributed by atoms with Gasteiger partial charge in [-0.3, -0.25) is 0 Å². The van der Waals surface area contributed by atoms with Gasteiger partial charge in [0.25, 0.3) is 0 Å². The van der Waals surface area contributed by atoms with Gasteiger partial charge < -0.3 is 4.57 Å². The topological polar surface area (TPSA) is 4.93 Å². The molecule has 1 spiro atoms. The largest absolute Gasteiger partial charge is 0.309 e. The zero-order valence-corrected chi connectivity index (χ0v) is 18.7. The molecule has 1 fully saturated rings. The van der Waals surface area contributed by atoms with Gasteiger partial charge in [0.15, 0.2) is 0 Å². The third-order valence-corrected chi connectivity index (χ3v) is 8.07. The van der Waals surface area contributed by atoms with Crippen LogP contribution >= 0.6 is 11.6 Å². The summed E-state index contributed by atoms with van der Waals surface area (Å²) in [6.45, 7) is 0. The first-order chi connectivity index (χ1) is 15.8. The minimum absolute atomic E-state index is 0.173. The van der Waals surface area contributed by atoms with Crippen molar-refractivity contribution in [3.05, 3.63) is 101 Å². The lowest BCUT2D eigenvalue weighted by Gasteiger charge is -2.36. The van der Waals surface area contributed by atoms with E-state index in [2.05, 4.69) is 83.4 Å². The fraction of sp³-hybridized carbons (Fsp3) is 0.200. The summed E-state index contributed by atoms with van der Waals surface area (Å²) in [6.07, 6.45) is 6.49. The second kappa shape index (κ2) is 6.73. The van der Waals surface area contributed by atoms with Gasteiger partial charge in [-0.1, -0.05) is 79.4 Å². The van der Waals surface area contributed by atoms with E-state index in [1.807, 2.05) is 6.07 Å². The van der Waals surface area contributed by atoms with Crippen molar-refractivity contribution in [2.75, 3.05) is 0 Å². The van der Waals surface area contributed by atoms with E-state index in [1.165, 1.54) is 76.3 Å². The van der Waals surface area contributed by atoms with Crippen LogP contribution in [0, 0.1) is 0 Å². The van der Waals surface area contributed by atoms with E-state index in [0.717, 1.165) is 5.02 Å². The molecule has 5 aromatic rings. The van der Waals surface area contributed by atoms with Crippen molar-refractivity contribution < 1.29 is 0 Å². The quantitative estimate of drug-likeness (QED) is 0.249. The van der Waals surface area contributed by atoms with Gasteiger partial charge >= 0.3 is 0 Å². The second-order valence-corrected chi connectivity index (χ2v) is 9.87. The standard InChI is InChI=1S/C30H24ClN/c31-20-13-14-23-25-18-27-24(19-29(25)32(28(23)17-20)21-9-3-1-4-10-21)22-11-5-6-12-26(22)30(27)15-7-2-8-16-30/h1,3-6,9-14,17-19H,2,7-8,15-16H2. The third kappa shape index (κ3) is 2.40. The molecule has 2 aliphatic carbocycles. The van der Waals surface area contributed by atoms with Crippen LogP contribution in [0.15, 0.2) is 84.9 Å². The molecule has 0 aliphatic heterocycles. The molecule has 4 aromatic carbocycles. The van der Waals surface area contributed by atoms with Crippen LogP contribution in [0.25, 0.3) is 38.6 Å². The molecule has 7 rings (SSSR count). The number of hydrogen-bond acceptors (Lipinski definition) is 0. The van der Waals surface area contributed by atoms with Crippen LogP contribution in [0.4, 0.5) is 0 Å². The fourth-order valence-corrected chi connectivity index (χ4v) is 6.65. The van der Waals surface area contributed by atoms with Crippen molar-refractivity contribution in [3.63, 3.8) is 0 Å². The van der Waals surface area contributed by atoms with Crippen molar-refractivity contribution in [2.45, 2.75) is 37.5 Å². The molecule has 156 valence electrons. The highest BCUT2D eigenvalue weighted by molar-refractivity contribution is 6.31. The van der Waals surface area contributed by atoms with Gasteiger partial charge in [0.2, 0.25) is 0 Å². The SMILES string of the molecule is Clc1ccc2c3cc4c(cc3n(-c3ccccc3)c2c1)-c1ccccc1C41CCCCC1. The Morgan fingerprint density at radius 3 is 2.22 bits per heavy atom. The maximum atomic E-state index is 6.48. The zero-order valence-electron chi connectivity index (χ0n) is 17.9. The molecule has 0 radical (unpaired) electrons. The number of benzene rings is 4. The summed E-state index contributed by atoms with van der Waals surface area (Å²) in [4.78, 5) is 0. The Kier molecular flexibility index (Phi) is 3.90. The van der Waals surface area contributed by atoms with Crippen LogP contribution in [-0.4, -0.2) is 4.57 Å². The highest BCUT2D eigenvalue weighted by atomic mass is 35.5. The number of nitrogens with zero attached hydrogens (tertiary/aromatic N) is 1. The normalized spacial score (nSPS) is 16.5. The average molecular weight is 434 g/mol. The lowest BCUT2D eigenvalue weighted by atomic mass is 9.68. The van der Waals surface area contributed by atoms with Crippen molar-refractivity contribution in [3.8, 4) is 16.8 Å². The number of halogens is 1. The summed E-state index contributed by atoms with van der Waals surface area (Å²) in [5, 5.41) is 3.38. The number of fused-ring (bicyclic) bond motifs is 8. The molecule has 0 N–H and O–H groups in total. The first kappa shape index (κ1) is 18.5. The lowest BCUT2D eigenvalue weighted by molar-refractivity contribution is 0.353. The summed E-state index contributed by atoms with van der Waals surface area (Å²) in [5.74, 6) is 0. The molecule has 32 heavy (non-hydrogen) atoms. The second-order valence-electron chi connectivity index (χ2n) is 9.44. The monoisotopic (exact) mass is 433 g/mol. The molecule has 0 unspecified atom stereocenters. The molecule has 0 atom stereocenters. The molecular formula is C30H24ClN. The first-order valence-corrected chi connectivity index (χ1v) is 12.1. The Hall–Kier alpha value is -3.03. The molecule has 1 nitrogen and oxygen atoms in total. The van der Waals surface area contributed by atoms with Crippen LogP contribution in [0.1, 0.15) is 43.2 Å². The van der Waals surface area contributed by atoms with Gasteiger partial charge in [0.05, 0.1) is 11.0 Å². The van der Waals surface area contributed by atoms with Crippen LogP contribution in [0.2, 0.25) is 5.02 Å². The summed E-state index contributed by atoms with van der Waals surface area (Å²) < 4.78 is 2.38. The van der Waals surface area contributed by atoms with Crippen molar-refractivity contribution in [1.29, 1.82) is 0 Å². The van der Waals surface area contributed by atoms with Gasteiger partial charge in [0.1, 0.15) is 0 Å². The predicted molar refractivity (Wildman–Crippen MR) is 135 cm³/mol. The Bertz CT molecular complexity index is 1500. The van der Waals surface area contributed by atoms with Gasteiger partial charge in [-0.2, -0.15) is 0 Å². The molecule has 1 aromatic heterocycles. The highest BCUT2D eigenvalue weighted by Crippen LogP contribution is 2.57. The van der Waals surface area contributed by atoms with E-state index in [0.29, 0.717) is 0 Å². The van der Waals surface area contributed by atoms with Crippen LogP contribution < -0.4 is 0 Å². The van der Waals surface area contributed by atoms with E-state index in [-0.39, 0.29) is 5.41 Å². The Balaban J connectivity index is 1.63. The lowest BCUT2D eigenvalue weighted by Crippen LogP contribution is -2.27. The summed E-state index contributed by atoms with van der Waals surface area (Å²) in [7, 11) is 0. The zero-order chi connectivity index (χ0) is 21.3. The van der Waals surface area contributed by atoms with Crippen LogP contribution in [-0.2, 0) is 5.41 Å². The van der Waals surface area contributed by atoms with Gasteiger partial charge in [-0.25, -0.2) is 0 Å². The van der Waals surface area contributed by atoms with Crippen LogP contribution in [0.3, 0.4) is 0 Å². The number of rotatable bonds is 1. The Morgan fingerprint density at radius 1 is 0.625 bits per heavy atom. The molecule has 0 bridgehead atoms. The first-order valence-electron chi connectivity index (χ1n) is 11.7. The molecule has 2 aliphatic rings. The van der Waals surface area contributed by atoms with Crippen molar-refractivity contribution in [2.24, 2.45) is 0 Å². The highest BCUT2D eigenvalue weighted by Gasteiger charge is 2.44. The van der Waals surface area contributed by atoms with E-state index in [4.69, 9.17) is 11.6 Å². The molecule has 0 saturated heterocycles. The van der Waals surface area contributed by atoms with E-state index in [1.54, 1.807) is 5.56 Å². The number of para-hydroxylation sites is 1. The van der Waals surface area contributed by atoms with Gasteiger partial charge in [-0.15, -0.1) is 0 Å². The van der Waals surface area contributed by atoms with Gasteiger partial charge in [0, 0.05) is 26.9 Å². The van der Waals surface area contributed by atoms with Crippen LogP contribution in [0.5, 0.6) is 0 Å². The van der Waals surface area contributed by atoms with Crippen molar-refractivity contribution in [1.82, 2.24) is 4.57 Å². The fourth-order valence-electron chi connectivity index (χ4n) is 6.48. The molecule has 0 amide bonds. The smallest absolute Gasteiger partial charge is 0.0555 e. The average Bonchev–Trinajstić information content (AvgIpc) is 3.29. The van der Waals surface area contributed by atoms with Gasteiger partial charge in [-0.05, 0) is 71.5 Å². The maximum Gasteiger partial charge on any atom is 0.0555 e. The molecular weight excluding hydrogens is 410 g/mol. The predicted octanol–water partition coefficient (Wildman–Crippen LogP) is 8.67. The number of aromatic nitrogens is 1. The maximum absolute atomic E-state index is 6.48. The number of hydrogen-bond donors (Lipinski definition) is 0. The molecule has 2 heteroatoms. The Labute approximate surface area is 193 Å².